The Balaban J connectivity index is 1.96. The van der Waals surface area contributed by atoms with E-state index in [0.717, 1.165) is 16.9 Å². The SMILES string of the molecule is COc1cccc(-c2nc(-c3ccc([N+](=O)[O-])cc3)no2)c1C. The first-order chi connectivity index (χ1) is 11.1. The Morgan fingerprint density at radius 3 is 2.57 bits per heavy atom. The van der Waals surface area contributed by atoms with Crippen LogP contribution >= 0.6 is 0 Å². The summed E-state index contributed by atoms with van der Waals surface area (Å²) in [5.41, 5.74) is 2.34. The number of ether oxygens (including phenoxy) is 1. The minimum absolute atomic E-state index is 0.0149. The van der Waals surface area contributed by atoms with Gasteiger partial charge in [-0.05, 0) is 31.2 Å². The number of methoxy groups -OCH3 is 1. The van der Waals surface area contributed by atoms with Gasteiger partial charge in [0, 0.05) is 28.8 Å². The Bertz CT molecular complexity index is 856. The molecule has 0 aliphatic rings. The fourth-order valence-corrected chi connectivity index (χ4v) is 2.25. The number of nitrogens with zero attached hydrogens (tertiary/aromatic N) is 3. The standard InChI is InChI=1S/C16H13N3O4/c1-10-13(4-3-5-14(10)22-2)16-17-15(18-23-16)11-6-8-12(9-7-11)19(20)21/h3-9H,1-2H3. The highest BCUT2D eigenvalue weighted by Crippen LogP contribution is 2.30. The topological polar surface area (TPSA) is 91.3 Å². The lowest BCUT2D eigenvalue weighted by Crippen LogP contribution is -1.90. The van der Waals surface area contributed by atoms with Gasteiger partial charge in [-0.25, -0.2) is 0 Å². The fourth-order valence-electron chi connectivity index (χ4n) is 2.25. The minimum atomic E-state index is -0.453. The van der Waals surface area contributed by atoms with Gasteiger partial charge in [0.1, 0.15) is 5.75 Å². The molecule has 0 spiro atoms. The van der Waals surface area contributed by atoms with Crippen LogP contribution < -0.4 is 4.74 Å². The minimum Gasteiger partial charge on any atom is -0.496 e. The van der Waals surface area contributed by atoms with Crippen molar-refractivity contribution in [3.05, 3.63) is 58.1 Å². The van der Waals surface area contributed by atoms with Crippen molar-refractivity contribution < 1.29 is 14.2 Å². The molecule has 1 aromatic heterocycles. The molecule has 23 heavy (non-hydrogen) atoms. The summed E-state index contributed by atoms with van der Waals surface area (Å²) in [6.45, 7) is 1.91. The summed E-state index contributed by atoms with van der Waals surface area (Å²) in [5, 5.41) is 14.6. The first-order valence-electron chi connectivity index (χ1n) is 6.82. The molecule has 1 heterocycles. The van der Waals surface area contributed by atoms with Gasteiger partial charge >= 0.3 is 0 Å². The molecule has 3 rings (SSSR count). The fraction of sp³-hybridized carbons (Fsp3) is 0.125. The van der Waals surface area contributed by atoms with Crippen molar-refractivity contribution in [2.45, 2.75) is 6.92 Å². The lowest BCUT2D eigenvalue weighted by Gasteiger charge is -2.06. The maximum Gasteiger partial charge on any atom is 0.269 e. The molecule has 0 fully saturated rings. The van der Waals surface area contributed by atoms with Crippen LogP contribution in [-0.4, -0.2) is 22.2 Å². The van der Waals surface area contributed by atoms with Crippen LogP contribution in [0.25, 0.3) is 22.8 Å². The van der Waals surface area contributed by atoms with Gasteiger partial charge in [0.2, 0.25) is 5.82 Å². The summed E-state index contributed by atoms with van der Waals surface area (Å²) in [6.07, 6.45) is 0. The van der Waals surface area contributed by atoms with Gasteiger partial charge in [-0.2, -0.15) is 4.98 Å². The molecule has 2 aromatic carbocycles. The van der Waals surface area contributed by atoms with Crippen molar-refractivity contribution in [2.24, 2.45) is 0 Å². The maximum absolute atomic E-state index is 10.7. The summed E-state index contributed by atoms with van der Waals surface area (Å²) in [5.74, 6) is 1.48. The number of hydrogen-bond donors (Lipinski definition) is 0. The van der Waals surface area contributed by atoms with Crippen LogP contribution in [0.5, 0.6) is 5.75 Å². The number of nitro benzene ring substituents is 1. The Hall–Kier alpha value is -3.22. The number of benzene rings is 2. The van der Waals surface area contributed by atoms with Crippen molar-refractivity contribution in [1.82, 2.24) is 10.1 Å². The monoisotopic (exact) mass is 311 g/mol. The molecular weight excluding hydrogens is 298 g/mol. The number of nitro groups is 1. The average Bonchev–Trinajstić information content (AvgIpc) is 3.05. The van der Waals surface area contributed by atoms with E-state index in [1.165, 1.54) is 12.1 Å². The van der Waals surface area contributed by atoms with Gasteiger partial charge in [-0.15, -0.1) is 0 Å². The number of non-ortho nitro benzene ring substituents is 1. The number of rotatable bonds is 4. The third kappa shape index (κ3) is 2.76. The van der Waals surface area contributed by atoms with Gasteiger partial charge in [0.25, 0.3) is 11.6 Å². The molecule has 7 heteroatoms. The van der Waals surface area contributed by atoms with Crippen LogP contribution in [0, 0.1) is 17.0 Å². The lowest BCUT2D eigenvalue weighted by molar-refractivity contribution is -0.384. The van der Waals surface area contributed by atoms with E-state index in [1.807, 2.05) is 25.1 Å². The average molecular weight is 311 g/mol. The van der Waals surface area contributed by atoms with Crippen molar-refractivity contribution >= 4 is 5.69 Å². The van der Waals surface area contributed by atoms with E-state index in [4.69, 9.17) is 9.26 Å². The molecule has 3 aromatic rings. The van der Waals surface area contributed by atoms with E-state index in [1.54, 1.807) is 19.2 Å². The summed E-state index contributed by atoms with van der Waals surface area (Å²) in [7, 11) is 1.60. The van der Waals surface area contributed by atoms with Crippen LogP contribution in [-0.2, 0) is 0 Å². The summed E-state index contributed by atoms with van der Waals surface area (Å²) < 4.78 is 10.6. The molecular formula is C16H13N3O4. The molecule has 0 N–H and O–H groups in total. The smallest absolute Gasteiger partial charge is 0.269 e. The number of aromatic nitrogens is 2. The molecule has 0 amide bonds. The molecule has 0 unspecified atom stereocenters. The normalized spacial score (nSPS) is 10.5. The summed E-state index contributed by atoms with van der Waals surface area (Å²) in [6, 6.07) is 11.6. The first kappa shape index (κ1) is 14.7. The second-order valence-corrected chi connectivity index (χ2v) is 4.86. The van der Waals surface area contributed by atoms with Crippen LogP contribution in [0.15, 0.2) is 47.0 Å². The zero-order chi connectivity index (χ0) is 16.4. The highest BCUT2D eigenvalue weighted by atomic mass is 16.6. The second-order valence-electron chi connectivity index (χ2n) is 4.86. The molecule has 0 aliphatic carbocycles. The summed E-state index contributed by atoms with van der Waals surface area (Å²) >= 11 is 0. The van der Waals surface area contributed by atoms with Crippen molar-refractivity contribution in [3.8, 4) is 28.6 Å². The van der Waals surface area contributed by atoms with Crippen LogP contribution in [0.4, 0.5) is 5.69 Å². The van der Waals surface area contributed by atoms with E-state index in [2.05, 4.69) is 10.1 Å². The molecule has 0 bridgehead atoms. The van der Waals surface area contributed by atoms with Gasteiger partial charge in [-0.3, -0.25) is 10.1 Å². The zero-order valence-electron chi connectivity index (χ0n) is 12.5. The van der Waals surface area contributed by atoms with Gasteiger partial charge < -0.3 is 9.26 Å². The molecule has 0 radical (unpaired) electrons. The Morgan fingerprint density at radius 1 is 1.17 bits per heavy atom. The Labute approximate surface area is 131 Å². The predicted octanol–water partition coefficient (Wildman–Crippen LogP) is 3.63. The highest BCUT2D eigenvalue weighted by Gasteiger charge is 2.15. The van der Waals surface area contributed by atoms with Crippen molar-refractivity contribution in [2.75, 3.05) is 7.11 Å². The van der Waals surface area contributed by atoms with Gasteiger partial charge in [0.05, 0.1) is 12.0 Å². The largest absolute Gasteiger partial charge is 0.496 e. The molecule has 116 valence electrons. The van der Waals surface area contributed by atoms with Crippen molar-refractivity contribution in [3.63, 3.8) is 0 Å². The maximum atomic E-state index is 10.7. The lowest BCUT2D eigenvalue weighted by atomic mass is 10.1. The molecule has 0 saturated heterocycles. The Morgan fingerprint density at radius 2 is 1.91 bits per heavy atom. The van der Waals surface area contributed by atoms with E-state index in [0.29, 0.717) is 17.3 Å². The zero-order valence-corrected chi connectivity index (χ0v) is 12.5. The van der Waals surface area contributed by atoms with E-state index in [-0.39, 0.29) is 5.69 Å². The molecule has 0 saturated carbocycles. The third-order valence-electron chi connectivity index (χ3n) is 3.50. The van der Waals surface area contributed by atoms with E-state index >= 15 is 0 Å². The Kier molecular flexibility index (Phi) is 3.76. The van der Waals surface area contributed by atoms with Crippen LogP contribution in [0.3, 0.4) is 0 Å². The molecule has 7 nitrogen and oxygen atoms in total. The second kappa shape index (κ2) is 5.88. The highest BCUT2D eigenvalue weighted by molar-refractivity contribution is 5.65. The van der Waals surface area contributed by atoms with Gasteiger partial charge in [0.15, 0.2) is 0 Å². The van der Waals surface area contributed by atoms with Crippen molar-refractivity contribution in [1.29, 1.82) is 0 Å². The third-order valence-corrected chi connectivity index (χ3v) is 3.50. The van der Waals surface area contributed by atoms with Gasteiger partial charge in [-0.1, -0.05) is 11.2 Å². The molecule has 0 aliphatic heterocycles. The van der Waals surface area contributed by atoms with E-state index in [9.17, 15) is 10.1 Å². The summed E-state index contributed by atoms with van der Waals surface area (Å²) in [4.78, 5) is 14.6. The quantitative estimate of drug-likeness (QED) is 0.539. The van der Waals surface area contributed by atoms with Crippen LogP contribution in [0.2, 0.25) is 0 Å². The number of hydrogen-bond acceptors (Lipinski definition) is 6. The van der Waals surface area contributed by atoms with E-state index < -0.39 is 4.92 Å². The van der Waals surface area contributed by atoms with Crippen LogP contribution in [0.1, 0.15) is 5.56 Å². The first-order valence-corrected chi connectivity index (χ1v) is 6.82. The molecule has 0 atom stereocenters. The predicted molar refractivity (Wildman–Crippen MR) is 83.1 cm³/mol.